The van der Waals surface area contributed by atoms with E-state index in [1.807, 2.05) is 24.3 Å². The molecule has 1 unspecified atom stereocenters. The molecule has 0 aromatic heterocycles. The molecule has 2 heterocycles. The topological polar surface area (TPSA) is 33.7 Å². The molecule has 4 rings (SSSR count). The molecule has 22 heavy (non-hydrogen) atoms. The van der Waals surface area contributed by atoms with E-state index in [4.69, 9.17) is 9.47 Å². The zero-order valence-electron chi connectivity index (χ0n) is 12.3. The Bertz CT molecular complexity index is 703. The Balaban J connectivity index is 1.69. The summed E-state index contributed by atoms with van der Waals surface area (Å²) < 4.78 is 24.0. The summed E-state index contributed by atoms with van der Waals surface area (Å²) >= 11 is 0. The Morgan fingerprint density at radius 2 is 1.91 bits per heavy atom. The number of fused-ring (bicyclic) bond motifs is 2. The summed E-state index contributed by atoms with van der Waals surface area (Å²) in [5.74, 6) is 1.35. The van der Waals surface area contributed by atoms with Gasteiger partial charge >= 0.3 is 0 Å². The van der Waals surface area contributed by atoms with Crippen LogP contribution in [0.1, 0.15) is 12.5 Å². The van der Waals surface area contributed by atoms with Crippen molar-refractivity contribution in [2.45, 2.75) is 19.5 Å². The smallest absolute Gasteiger partial charge is 0.231 e. The fourth-order valence-electron chi connectivity index (χ4n) is 2.94. The Hall–Kier alpha value is -2.43. The van der Waals surface area contributed by atoms with Crippen LogP contribution in [0.2, 0.25) is 0 Å². The van der Waals surface area contributed by atoms with Crippen LogP contribution in [-0.4, -0.2) is 19.4 Å². The average molecular weight is 300 g/mol. The summed E-state index contributed by atoms with van der Waals surface area (Å²) in [5.41, 5.74) is 3.22. The van der Waals surface area contributed by atoms with E-state index in [1.165, 1.54) is 12.1 Å². The van der Waals surface area contributed by atoms with E-state index in [0.717, 1.165) is 41.5 Å². The van der Waals surface area contributed by atoms with Gasteiger partial charge in [-0.15, -0.1) is 0 Å². The number of hydrogen-bond donors (Lipinski definition) is 1. The van der Waals surface area contributed by atoms with Crippen molar-refractivity contribution in [2.75, 3.05) is 23.6 Å². The maximum absolute atomic E-state index is 13.1. The monoisotopic (exact) mass is 300 g/mol. The van der Waals surface area contributed by atoms with Crippen molar-refractivity contribution in [2.24, 2.45) is 0 Å². The lowest BCUT2D eigenvalue weighted by atomic mass is 10.1. The van der Waals surface area contributed by atoms with Crippen LogP contribution in [0, 0.1) is 5.82 Å². The Labute approximate surface area is 128 Å². The number of nitrogens with one attached hydrogen (secondary N) is 1. The highest BCUT2D eigenvalue weighted by Crippen LogP contribution is 2.43. The highest BCUT2D eigenvalue weighted by atomic mass is 19.1. The third kappa shape index (κ3) is 2.22. The first-order valence-electron chi connectivity index (χ1n) is 7.39. The zero-order valence-corrected chi connectivity index (χ0v) is 12.3. The standard InChI is InChI=1S/C17H17FN2O2/c1-11-8-19-14-6-16-17(22-10-21-16)7-15(14)20(11)9-12-2-4-13(18)5-3-12/h2-7,11,19H,8-10H2,1H3. The molecule has 2 aromatic rings. The molecule has 0 bridgehead atoms. The molecule has 2 aliphatic heterocycles. The molecule has 1 N–H and O–H groups in total. The second-order valence-corrected chi connectivity index (χ2v) is 5.71. The van der Waals surface area contributed by atoms with Crippen molar-refractivity contribution in [3.8, 4) is 11.5 Å². The van der Waals surface area contributed by atoms with Crippen molar-refractivity contribution in [1.29, 1.82) is 0 Å². The van der Waals surface area contributed by atoms with E-state index in [-0.39, 0.29) is 12.6 Å². The first kappa shape index (κ1) is 13.2. The SMILES string of the molecule is CC1CNc2cc3c(cc2N1Cc1ccc(F)cc1)OCO3. The summed E-state index contributed by atoms with van der Waals surface area (Å²) in [6.07, 6.45) is 0. The van der Waals surface area contributed by atoms with Gasteiger partial charge in [-0.25, -0.2) is 4.39 Å². The molecule has 1 atom stereocenters. The number of rotatable bonds is 2. The van der Waals surface area contributed by atoms with Gasteiger partial charge in [-0.2, -0.15) is 0 Å². The fraction of sp³-hybridized carbons (Fsp3) is 0.294. The van der Waals surface area contributed by atoms with Crippen LogP contribution < -0.4 is 19.7 Å². The van der Waals surface area contributed by atoms with Crippen molar-refractivity contribution in [3.63, 3.8) is 0 Å². The van der Waals surface area contributed by atoms with E-state index >= 15 is 0 Å². The lowest BCUT2D eigenvalue weighted by Gasteiger charge is -2.38. The second-order valence-electron chi connectivity index (χ2n) is 5.71. The van der Waals surface area contributed by atoms with Crippen molar-refractivity contribution in [1.82, 2.24) is 0 Å². The number of hydrogen-bond acceptors (Lipinski definition) is 4. The molecular weight excluding hydrogens is 283 g/mol. The molecule has 114 valence electrons. The maximum Gasteiger partial charge on any atom is 0.231 e. The molecule has 0 spiro atoms. The third-order valence-corrected chi connectivity index (χ3v) is 4.19. The minimum atomic E-state index is -0.208. The first-order valence-corrected chi connectivity index (χ1v) is 7.39. The highest BCUT2D eigenvalue weighted by molar-refractivity contribution is 5.77. The number of anilines is 2. The number of halogens is 1. The Morgan fingerprint density at radius 1 is 1.18 bits per heavy atom. The molecule has 0 saturated heterocycles. The summed E-state index contributed by atoms with van der Waals surface area (Å²) in [4.78, 5) is 2.31. The van der Waals surface area contributed by atoms with Crippen LogP contribution in [0.3, 0.4) is 0 Å². The van der Waals surface area contributed by atoms with Crippen molar-refractivity contribution >= 4 is 11.4 Å². The number of benzene rings is 2. The molecule has 0 aliphatic carbocycles. The van der Waals surface area contributed by atoms with Crippen LogP contribution in [0.5, 0.6) is 11.5 Å². The third-order valence-electron chi connectivity index (χ3n) is 4.19. The lowest BCUT2D eigenvalue weighted by Crippen LogP contribution is -2.41. The van der Waals surface area contributed by atoms with Gasteiger partial charge in [0.1, 0.15) is 5.82 Å². The van der Waals surface area contributed by atoms with Gasteiger partial charge in [0.15, 0.2) is 11.5 Å². The molecule has 5 heteroatoms. The average Bonchev–Trinajstić information content (AvgIpc) is 2.97. The molecule has 0 radical (unpaired) electrons. The van der Waals surface area contributed by atoms with Crippen molar-refractivity contribution in [3.05, 3.63) is 47.8 Å². The predicted molar refractivity (Wildman–Crippen MR) is 83.1 cm³/mol. The Morgan fingerprint density at radius 3 is 2.68 bits per heavy atom. The molecule has 2 aliphatic rings. The lowest BCUT2D eigenvalue weighted by molar-refractivity contribution is 0.174. The van der Waals surface area contributed by atoms with Gasteiger partial charge in [0.2, 0.25) is 6.79 Å². The summed E-state index contributed by atoms with van der Waals surface area (Å²) in [6, 6.07) is 11.0. The largest absolute Gasteiger partial charge is 0.454 e. The predicted octanol–water partition coefficient (Wildman–Crippen LogP) is 3.38. The fourth-order valence-corrected chi connectivity index (χ4v) is 2.94. The normalized spacial score (nSPS) is 18.8. The van der Waals surface area contributed by atoms with Crippen LogP contribution >= 0.6 is 0 Å². The molecule has 0 saturated carbocycles. The molecule has 2 aromatic carbocycles. The van der Waals surface area contributed by atoms with E-state index in [9.17, 15) is 4.39 Å². The summed E-state index contributed by atoms with van der Waals surface area (Å²) in [6.45, 7) is 4.03. The molecule has 0 amide bonds. The minimum Gasteiger partial charge on any atom is -0.454 e. The maximum atomic E-state index is 13.1. The number of ether oxygens (including phenoxy) is 2. The van der Waals surface area contributed by atoms with Gasteiger partial charge in [0, 0.05) is 31.3 Å². The summed E-state index contributed by atoms with van der Waals surface area (Å²) in [5, 5.41) is 3.43. The highest BCUT2D eigenvalue weighted by Gasteiger charge is 2.27. The minimum absolute atomic E-state index is 0.208. The van der Waals surface area contributed by atoms with Gasteiger partial charge in [0.05, 0.1) is 11.4 Å². The van der Waals surface area contributed by atoms with E-state index in [1.54, 1.807) is 0 Å². The van der Waals surface area contributed by atoms with Gasteiger partial charge in [-0.05, 0) is 24.6 Å². The number of nitrogens with zero attached hydrogens (tertiary/aromatic N) is 1. The zero-order chi connectivity index (χ0) is 15.1. The molecular formula is C17H17FN2O2. The van der Waals surface area contributed by atoms with Gasteiger partial charge < -0.3 is 19.7 Å². The van der Waals surface area contributed by atoms with Crippen LogP contribution in [0.4, 0.5) is 15.8 Å². The van der Waals surface area contributed by atoms with Crippen LogP contribution in [0.15, 0.2) is 36.4 Å². The quantitative estimate of drug-likeness (QED) is 0.922. The van der Waals surface area contributed by atoms with Gasteiger partial charge in [0.25, 0.3) is 0 Å². The van der Waals surface area contributed by atoms with Gasteiger partial charge in [-0.3, -0.25) is 0 Å². The molecule has 0 fully saturated rings. The van der Waals surface area contributed by atoms with Crippen molar-refractivity contribution < 1.29 is 13.9 Å². The van der Waals surface area contributed by atoms with E-state index < -0.39 is 0 Å². The first-order chi connectivity index (χ1) is 10.7. The Kier molecular flexibility index (Phi) is 3.06. The summed E-state index contributed by atoms with van der Waals surface area (Å²) in [7, 11) is 0. The molecule has 4 nitrogen and oxygen atoms in total. The second kappa shape index (κ2) is 5.09. The van der Waals surface area contributed by atoms with Gasteiger partial charge in [-0.1, -0.05) is 12.1 Å². The van der Waals surface area contributed by atoms with Crippen LogP contribution in [0.25, 0.3) is 0 Å². The van der Waals surface area contributed by atoms with E-state index in [2.05, 4.69) is 17.1 Å². The van der Waals surface area contributed by atoms with E-state index in [0.29, 0.717) is 6.04 Å². The van der Waals surface area contributed by atoms with Crippen LogP contribution in [-0.2, 0) is 6.54 Å².